The van der Waals surface area contributed by atoms with Gasteiger partial charge in [0.05, 0.1) is 23.8 Å². The molecule has 0 aliphatic heterocycles. The van der Waals surface area contributed by atoms with Crippen molar-refractivity contribution in [2.24, 2.45) is 5.92 Å². The molecule has 0 amide bonds. The van der Waals surface area contributed by atoms with E-state index in [2.05, 4.69) is 69.9 Å². The maximum atomic E-state index is 9.08. The average molecular weight is 400 g/mol. The van der Waals surface area contributed by atoms with E-state index in [9.17, 15) is 0 Å². The van der Waals surface area contributed by atoms with Crippen molar-refractivity contribution in [3.05, 3.63) is 48.8 Å². The molecule has 0 unspecified atom stereocenters. The maximum Gasteiger partial charge on any atom is 0.164 e. The fourth-order valence-corrected chi connectivity index (χ4v) is 3.37. The number of hydrogen-bond acceptors (Lipinski definition) is 6. The van der Waals surface area contributed by atoms with Crippen LogP contribution in [0.4, 0.5) is 5.69 Å². The summed E-state index contributed by atoms with van der Waals surface area (Å²) < 4.78 is 3.79. The van der Waals surface area contributed by atoms with Gasteiger partial charge >= 0.3 is 0 Å². The highest BCUT2D eigenvalue weighted by atomic mass is 15.3. The largest absolute Gasteiger partial charge is 0.382 e. The molecule has 152 valence electrons. The van der Waals surface area contributed by atoms with Crippen LogP contribution in [-0.2, 0) is 6.54 Å². The predicted molar refractivity (Wildman–Crippen MR) is 116 cm³/mol. The van der Waals surface area contributed by atoms with Gasteiger partial charge in [0, 0.05) is 53.9 Å². The van der Waals surface area contributed by atoms with Crippen LogP contribution in [0, 0.1) is 17.2 Å². The van der Waals surface area contributed by atoms with E-state index < -0.39 is 0 Å². The molecule has 0 saturated carbocycles. The molecule has 30 heavy (non-hydrogen) atoms. The van der Waals surface area contributed by atoms with E-state index in [1.54, 1.807) is 23.1 Å². The Kier molecular flexibility index (Phi) is 5.19. The lowest BCUT2D eigenvalue weighted by Crippen LogP contribution is -2.12. The highest BCUT2D eigenvalue weighted by Gasteiger charge is 2.15. The first-order chi connectivity index (χ1) is 14.4. The van der Waals surface area contributed by atoms with Gasteiger partial charge in [-0.25, -0.2) is 15.0 Å². The van der Waals surface area contributed by atoms with Gasteiger partial charge in [0.25, 0.3) is 0 Å². The van der Waals surface area contributed by atoms with Crippen LogP contribution in [0.5, 0.6) is 0 Å². The van der Waals surface area contributed by atoms with Crippen LogP contribution >= 0.6 is 0 Å². The van der Waals surface area contributed by atoms with Crippen molar-refractivity contribution in [1.82, 2.24) is 29.3 Å². The Morgan fingerprint density at radius 3 is 2.63 bits per heavy atom. The number of imidazole rings is 1. The minimum Gasteiger partial charge on any atom is -0.382 e. The molecular weight excluding hydrogens is 376 g/mol. The lowest BCUT2D eigenvalue weighted by Gasteiger charge is -2.15. The molecule has 0 aliphatic carbocycles. The number of nitriles is 1. The number of nitrogens with zero attached hydrogens (tertiary/aromatic N) is 7. The summed E-state index contributed by atoms with van der Waals surface area (Å²) >= 11 is 0. The molecule has 0 aromatic carbocycles. The summed E-state index contributed by atoms with van der Waals surface area (Å²) in [6.07, 6.45) is 8.97. The normalized spacial score (nSPS) is 11.4. The minimum absolute atomic E-state index is 0.238. The fraction of sp³-hybridized carbons (Fsp3) is 0.318. The summed E-state index contributed by atoms with van der Waals surface area (Å²) in [6.45, 7) is 9.47. The Bertz CT molecular complexity index is 1230. The van der Waals surface area contributed by atoms with Crippen LogP contribution in [0.1, 0.15) is 33.3 Å². The summed E-state index contributed by atoms with van der Waals surface area (Å²) in [5.41, 5.74) is 3.91. The lowest BCUT2D eigenvalue weighted by atomic mass is 10.1. The first-order valence-electron chi connectivity index (χ1n) is 9.97. The summed E-state index contributed by atoms with van der Waals surface area (Å²) in [4.78, 5) is 13.6. The molecule has 0 radical (unpaired) electrons. The third-order valence-corrected chi connectivity index (χ3v) is 4.57. The molecule has 0 atom stereocenters. The molecule has 0 saturated heterocycles. The number of rotatable bonds is 6. The lowest BCUT2D eigenvalue weighted by molar-refractivity contribution is 0.523. The molecule has 4 rings (SSSR count). The second-order valence-corrected chi connectivity index (χ2v) is 8.04. The first-order valence-corrected chi connectivity index (χ1v) is 9.97. The van der Waals surface area contributed by atoms with Crippen molar-refractivity contribution in [3.8, 4) is 23.1 Å². The van der Waals surface area contributed by atoms with Crippen LogP contribution in [0.3, 0.4) is 0 Å². The molecule has 0 bridgehead atoms. The zero-order valence-electron chi connectivity index (χ0n) is 17.5. The smallest absolute Gasteiger partial charge is 0.164 e. The summed E-state index contributed by atoms with van der Waals surface area (Å²) in [5, 5.41) is 17.8. The predicted octanol–water partition coefficient (Wildman–Crippen LogP) is 4.03. The van der Waals surface area contributed by atoms with Gasteiger partial charge in [0.15, 0.2) is 11.5 Å². The molecule has 8 heteroatoms. The molecule has 4 aromatic heterocycles. The van der Waals surface area contributed by atoms with Crippen LogP contribution in [0.15, 0.2) is 43.2 Å². The van der Waals surface area contributed by atoms with Crippen molar-refractivity contribution in [1.29, 1.82) is 5.26 Å². The number of fused-ring (bicyclic) bond motifs is 1. The highest BCUT2D eigenvalue weighted by molar-refractivity contribution is 5.79. The Morgan fingerprint density at radius 1 is 1.07 bits per heavy atom. The zero-order chi connectivity index (χ0) is 21.3. The molecular formula is C22H24N8. The summed E-state index contributed by atoms with van der Waals surface area (Å²) in [7, 11) is 0. The van der Waals surface area contributed by atoms with Gasteiger partial charge in [-0.1, -0.05) is 13.8 Å². The summed E-state index contributed by atoms with van der Waals surface area (Å²) in [5.74, 6) is 1.19. The van der Waals surface area contributed by atoms with E-state index in [1.807, 2.05) is 18.6 Å². The zero-order valence-corrected chi connectivity index (χ0v) is 17.5. The van der Waals surface area contributed by atoms with Crippen LogP contribution in [-0.4, -0.2) is 35.3 Å². The van der Waals surface area contributed by atoms with Gasteiger partial charge in [-0.2, -0.15) is 15.0 Å². The number of anilines is 1. The van der Waals surface area contributed by atoms with Gasteiger partial charge in [-0.05, 0) is 25.8 Å². The van der Waals surface area contributed by atoms with Crippen LogP contribution < -0.4 is 5.32 Å². The standard InChI is InChI=1S/C22H24N8/c1-14(2)11-29-12-20(26-13-29)18-10-24-21(6-19(18)28-15(3)4)30-22-17(9-27-30)5-16(7-23)8-25-22/h5-6,8-10,12-15H,11H2,1-4H3,(H,24,28). The SMILES string of the molecule is CC(C)Cn1cnc(-c2cnc(-n3ncc4cc(C#N)cnc43)cc2NC(C)C)c1. The Balaban J connectivity index is 1.77. The molecule has 1 N–H and O–H groups in total. The summed E-state index contributed by atoms with van der Waals surface area (Å²) in [6, 6.07) is 6.08. The van der Waals surface area contributed by atoms with Crippen molar-refractivity contribution >= 4 is 16.7 Å². The third kappa shape index (κ3) is 3.87. The monoisotopic (exact) mass is 400 g/mol. The molecule has 0 spiro atoms. The van der Waals surface area contributed by atoms with Gasteiger partial charge in [0.1, 0.15) is 6.07 Å². The van der Waals surface area contributed by atoms with E-state index >= 15 is 0 Å². The Morgan fingerprint density at radius 2 is 1.90 bits per heavy atom. The van der Waals surface area contributed by atoms with Crippen LogP contribution in [0.25, 0.3) is 28.1 Å². The van der Waals surface area contributed by atoms with E-state index in [-0.39, 0.29) is 6.04 Å². The van der Waals surface area contributed by atoms with E-state index in [1.165, 1.54) is 0 Å². The fourth-order valence-electron chi connectivity index (χ4n) is 3.37. The van der Waals surface area contributed by atoms with Gasteiger partial charge in [-0.15, -0.1) is 0 Å². The van der Waals surface area contributed by atoms with E-state index in [0.29, 0.717) is 22.9 Å². The first kappa shape index (κ1) is 19.6. The van der Waals surface area contributed by atoms with Crippen molar-refractivity contribution < 1.29 is 0 Å². The third-order valence-electron chi connectivity index (χ3n) is 4.57. The number of aromatic nitrogens is 6. The quantitative estimate of drug-likeness (QED) is 0.525. The second kappa shape index (κ2) is 7.95. The van der Waals surface area contributed by atoms with Gasteiger partial charge in [-0.3, -0.25) is 0 Å². The van der Waals surface area contributed by atoms with Crippen molar-refractivity contribution in [2.75, 3.05) is 5.32 Å². The molecule has 8 nitrogen and oxygen atoms in total. The van der Waals surface area contributed by atoms with E-state index in [0.717, 1.165) is 28.9 Å². The average Bonchev–Trinajstić information content (AvgIpc) is 3.33. The Labute approximate surface area is 175 Å². The van der Waals surface area contributed by atoms with Crippen LogP contribution in [0.2, 0.25) is 0 Å². The van der Waals surface area contributed by atoms with Crippen molar-refractivity contribution in [2.45, 2.75) is 40.3 Å². The number of pyridine rings is 2. The Hall–Kier alpha value is -3.73. The second-order valence-electron chi connectivity index (χ2n) is 8.04. The molecule has 4 aromatic rings. The number of nitrogens with one attached hydrogen (secondary N) is 1. The van der Waals surface area contributed by atoms with E-state index in [4.69, 9.17) is 5.26 Å². The molecule has 0 fully saturated rings. The minimum atomic E-state index is 0.238. The molecule has 4 heterocycles. The molecule has 0 aliphatic rings. The highest BCUT2D eigenvalue weighted by Crippen LogP contribution is 2.29. The maximum absolute atomic E-state index is 9.08. The van der Waals surface area contributed by atoms with Gasteiger partial charge in [0.2, 0.25) is 0 Å². The van der Waals surface area contributed by atoms with Gasteiger partial charge < -0.3 is 9.88 Å². The number of hydrogen-bond donors (Lipinski definition) is 1. The topological polar surface area (TPSA) is 97.2 Å². The van der Waals surface area contributed by atoms with Crippen molar-refractivity contribution in [3.63, 3.8) is 0 Å².